The van der Waals surface area contributed by atoms with E-state index < -0.39 is 0 Å². The Morgan fingerprint density at radius 2 is 2.19 bits per heavy atom. The lowest BCUT2D eigenvalue weighted by molar-refractivity contribution is 0.160. The number of halogens is 1. The van der Waals surface area contributed by atoms with Gasteiger partial charge < -0.3 is 9.84 Å². The van der Waals surface area contributed by atoms with Crippen molar-refractivity contribution < 1.29 is 9.84 Å². The molecule has 90 valence electrons. The van der Waals surface area contributed by atoms with Crippen LogP contribution < -0.4 is 4.74 Å². The predicted octanol–water partition coefficient (Wildman–Crippen LogP) is 3.44. The predicted molar refractivity (Wildman–Crippen MR) is 67.2 cm³/mol. The first-order valence-corrected chi connectivity index (χ1v) is 6.05. The maximum Gasteiger partial charge on any atom is 0.122 e. The Labute approximate surface area is 102 Å². The van der Waals surface area contributed by atoms with E-state index in [-0.39, 0.29) is 6.10 Å². The zero-order chi connectivity index (χ0) is 12.0. The fourth-order valence-electron chi connectivity index (χ4n) is 1.70. The van der Waals surface area contributed by atoms with Crippen molar-refractivity contribution in [2.45, 2.75) is 38.7 Å². The van der Waals surface area contributed by atoms with Crippen molar-refractivity contribution >= 4 is 11.6 Å². The molecule has 1 atom stereocenters. The highest BCUT2D eigenvalue weighted by molar-refractivity contribution is 6.30. The lowest BCUT2D eigenvalue weighted by Crippen LogP contribution is -2.11. The summed E-state index contributed by atoms with van der Waals surface area (Å²) < 4.78 is 5.24. The fourth-order valence-corrected chi connectivity index (χ4v) is 1.90. The van der Waals surface area contributed by atoms with Gasteiger partial charge in [-0.25, -0.2) is 0 Å². The third-order valence-corrected chi connectivity index (χ3v) is 2.82. The van der Waals surface area contributed by atoms with Gasteiger partial charge >= 0.3 is 0 Å². The molecule has 1 aromatic carbocycles. The van der Waals surface area contributed by atoms with Crippen LogP contribution in [-0.4, -0.2) is 18.3 Å². The van der Waals surface area contributed by atoms with Gasteiger partial charge in [0, 0.05) is 11.4 Å². The van der Waals surface area contributed by atoms with Crippen molar-refractivity contribution in [3.63, 3.8) is 0 Å². The molecule has 16 heavy (non-hydrogen) atoms. The highest BCUT2D eigenvalue weighted by atomic mass is 35.5. The summed E-state index contributed by atoms with van der Waals surface area (Å²) in [7, 11) is 1.63. The summed E-state index contributed by atoms with van der Waals surface area (Å²) in [6.07, 6.45) is 3.26. The van der Waals surface area contributed by atoms with Gasteiger partial charge in [-0.2, -0.15) is 0 Å². The minimum absolute atomic E-state index is 0.313. The van der Waals surface area contributed by atoms with Crippen LogP contribution in [0.15, 0.2) is 18.2 Å². The number of aliphatic hydroxyl groups is 1. The van der Waals surface area contributed by atoms with E-state index in [4.69, 9.17) is 16.3 Å². The summed E-state index contributed by atoms with van der Waals surface area (Å²) in [6, 6.07) is 5.49. The number of aliphatic hydroxyl groups excluding tert-OH is 1. The van der Waals surface area contributed by atoms with Gasteiger partial charge in [0.25, 0.3) is 0 Å². The van der Waals surface area contributed by atoms with Gasteiger partial charge in [0.1, 0.15) is 5.75 Å². The van der Waals surface area contributed by atoms with Crippen LogP contribution in [0.4, 0.5) is 0 Å². The van der Waals surface area contributed by atoms with Crippen LogP contribution in [0.3, 0.4) is 0 Å². The minimum Gasteiger partial charge on any atom is -0.496 e. The molecule has 2 nitrogen and oxygen atoms in total. The number of unbranched alkanes of at least 4 members (excludes halogenated alkanes) is 1. The number of hydrogen-bond donors (Lipinski definition) is 1. The Hall–Kier alpha value is -0.730. The van der Waals surface area contributed by atoms with E-state index in [1.807, 2.05) is 12.1 Å². The first kappa shape index (κ1) is 13.3. The van der Waals surface area contributed by atoms with E-state index in [9.17, 15) is 5.11 Å². The van der Waals surface area contributed by atoms with E-state index in [1.54, 1.807) is 13.2 Å². The SMILES string of the molecule is CCCCC(O)Cc1cc(Cl)ccc1OC. The average Bonchev–Trinajstić information content (AvgIpc) is 2.27. The molecule has 1 rings (SSSR count). The minimum atomic E-state index is -0.313. The summed E-state index contributed by atoms with van der Waals surface area (Å²) in [4.78, 5) is 0. The fraction of sp³-hybridized carbons (Fsp3) is 0.538. The molecule has 1 N–H and O–H groups in total. The number of ether oxygens (including phenoxy) is 1. The highest BCUT2D eigenvalue weighted by Crippen LogP contribution is 2.24. The van der Waals surface area contributed by atoms with Gasteiger partial charge in [0.15, 0.2) is 0 Å². The van der Waals surface area contributed by atoms with E-state index >= 15 is 0 Å². The van der Waals surface area contributed by atoms with Gasteiger partial charge in [-0.15, -0.1) is 0 Å². The number of rotatable bonds is 6. The van der Waals surface area contributed by atoms with Crippen LogP contribution in [0.1, 0.15) is 31.7 Å². The lowest BCUT2D eigenvalue weighted by Gasteiger charge is -2.13. The molecule has 0 bridgehead atoms. The van der Waals surface area contributed by atoms with Crippen molar-refractivity contribution in [1.82, 2.24) is 0 Å². The second-order valence-electron chi connectivity index (χ2n) is 3.96. The molecule has 3 heteroatoms. The van der Waals surface area contributed by atoms with Crippen LogP contribution in [0.2, 0.25) is 5.02 Å². The van der Waals surface area contributed by atoms with Gasteiger partial charge in [-0.05, 0) is 30.2 Å². The molecule has 1 aromatic rings. The molecule has 0 aliphatic rings. The largest absolute Gasteiger partial charge is 0.496 e. The first-order valence-electron chi connectivity index (χ1n) is 5.67. The highest BCUT2D eigenvalue weighted by Gasteiger charge is 2.10. The zero-order valence-corrected chi connectivity index (χ0v) is 10.6. The molecule has 0 heterocycles. The monoisotopic (exact) mass is 242 g/mol. The maximum atomic E-state index is 9.85. The topological polar surface area (TPSA) is 29.5 Å². The molecule has 0 aliphatic heterocycles. The van der Waals surface area contributed by atoms with Crippen LogP contribution >= 0.6 is 11.6 Å². The third-order valence-electron chi connectivity index (χ3n) is 2.59. The van der Waals surface area contributed by atoms with Crippen LogP contribution in [0, 0.1) is 0 Å². The standard InChI is InChI=1S/C13H19ClO2/c1-3-4-5-12(15)9-10-8-11(14)6-7-13(10)16-2/h6-8,12,15H,3-5,9H2,1-2H3. The van der Waals surface area contributed by atoms with Crippen molar-refractivity contribution in [3.05, 3.63) is 28.8 Å². The number of hydrogen-bond acceptors (Lipinski definition) is 2. The molecule has 0 aliphatic carbocycles. The van der Waals surface area contributed by atoms with Crippen molar-refractivity contribution in [1.29, 1.82) is 0 Å². The summed E-state index contributed by atoms with van der Waals surface area (Å²) in [5, 5.41) is 10.5. The number of benzene rings is 1. The number of methoxy groups -OCH3 is 1. The van der Waals surface area contributed by atoms with Crippen molar-refractivity contribution in [3.8, 4) is 5.75 Å². The Bertz CT molecular complexity index is 326. The Morgan fingerprint density at radius 3 is 2.81 bits per heavy atom. The van der Waals surface area contributed by atoms with Crippen molar-refractivity contribution in [2.75, 3.05) is 7.11 Å². The smallest absolute Gasteiger partial charge is 0.122 e. The summed E-state index contributed by atoms with van der Waals surface area (Å²) in [6.45, 7) is 2.12. The lowest BCUT2D eigenvalue weighted by atomic mass is 10.0. The molecular weight excluding hydrogens is 224 g/mol. The molecule has 0 spiro atoms. The Kier molecular flexibility index (Phi) is 5.64. The normalized spacial score (nSPS) is 12.5. The van der Waals surface area contributed by atoms with Gasteiger partial charge in [0.05, 0.1) is 13.2 Å². The second-order valence-corrected chi connectivity index (χ2v) is 4.39. The molecule has 0 saturated carbocycles. The van der Waals surface area contributed by atoms with Crippen LogP contribution in [-0.2, 0) is 6.42 Å². The van der Waals surface area contributed by atoms with Gasteiger partial charge in [-0.3, -0.25) is 0 Å². The molecule has 0 radical (unpaired) electrons. The molecule has 0 aromatic heterocycles. The molecule has 1 unspecified atom stereocenters. The summed E-state index contributed by atoms with van der Waals surface area (Å²) in [5.74, 6) is 0.792. The second kappa shape index (κ2) is 6.77. The van der Waals surface area contributed by atoms with Gasteiger partial charge in [-0.1, -0.05) is 31.4 Å². The third kappa shape index (κ3) is 4.03. The van der Waals surface area contributed by atoms with E-state index in [0.29, 0.717) is 11.4 Å². The van der Waals surface area contributed by atoms with Crippen LogP contribution in [0.25, 0.3) is 0 Å². The maximum absolute atomic E-state index is 9.85. The van der Waals surface area contributed by atoms with Crippen LogP contribution in [0.5, 0.6) is 5.75 Å². The summed E-state index contributed by atoms with van der Waals surface area (Å²) in [5.41, 5.74) is 0.971. The van der Waals surface area contributed by atoms with Gasteiger partial charge in [0.2, 0.25) is 0 Å². The van der Waals surface area contributed by atoms with E-state index in [0.717, 1.165) is 30.6 Å². The molecule has 0 fully saturated rings. The molecule has 0 amide bonds. The molecule has 0 saturated heterocycles. The summed E-state index contributed by atoms with van der Waals surface area (Å²) >= 11 is 5.92. The first-order chi connectivity index (χ1) is 7.67. The zero-order valence-electron chi connectivity index (χ0n) is 9.87. The average molecular weight is 243 g/mol. The van der Waals surface area contributed by atoms with E-state index in [2.05, 4.69) is 6.92 Å². The Morgan fingerprint density at radius 1 is 1.44 bits per heavy atom. The Balaban J connectivity index is 2.67. The van der Waals surface area contributed by atoms with E-state index in [1.165, 1.54) is 0 Å². The quantitative estimate of drug-likeness (QED) is 0.828. The van der Waals surface area contributed by atoms with Crippen molar-refractivity contribution in [2.24, 2.45) is 0 Å². The molecular formula is C13H19ClO2.